The van der Waals surface area contributed by atoms with Crippen LogP contribution in [-0.4, -0.2) is 34.3 Å². The van der Waals surface area contributed by atoms with Gasteiger partial charge in [-0.15, -0.1) is 0 Å². The van der Waals surface area contributed by atoms with Crippen LogP contribution in [0.5, 0.6) is 0 Å². The molecule has 0 unspecified atom stereocenters. The van der Waals surface area contributed by atoms with Crippen LogP contribution in [0.4, 0.5) is 0 Å². The van der Waals surface area contributed by atoms with E-state index in [-0.39, 0.29) is 17.4 Å². The fraction of sp³-hybridized carbons (Fsp3) is 0.235. The zero-order chi connectivity index (χ0) is 16.2. The van der Waals surface area contributed by atoms with Crippen LogP contribution >= 0.6 is 0 Å². The minimum absolute atomic E-state index is 0.0772. The number of benzene rings is 1. The summed E-state index contributed by atoms with van der Waals surface area (Å²) in [4.78, 5) is 39.7. The molecule has 0 spiro atoms. The van der Waals surface area contributed by atoms with Crippen molar-refractivity contribution < 1.29 is 9.59 Å². The van der Waals surface area contributed by atoms with Gasteiger partial charge in [-0.1, -0.05) is 30.3 Å². The van der Waals surface area contributed by atoms with Crippen LogP contribution < -0.4 is 10.9 Å². The number of carbonyl (C=O) groups is 2. The molecule has 1 saturated heterocycles. The number of carbonyl (C=O) groups excluding carboxylic acids is 2. The van der Waals surface area contributed by atoms with Gasteiger partial charge in [-0.3, -0.25) is 14.4 Å². The van der Waals surface area contributed by atoms with Gasteiger partial charge in [0.25, 0.3) is 5.91 Å². The lowest BCUT2D eigenvalue weighted by molar-refractivity contribution is -0.129. The van der Waals surface area contributed by atoms with Crippen molar-refractivity contribution in [2.45, 2.75) is 19.0 Å². The minimum atomic E-state index is -0.516. The summed E-state index contributed by atoms with van der Waals surface area (Å²) in [7, 11) is 0. The smallest absolute Gasteiger partial charge is 0.253 e. The minimum Gasteiger partial charge on any atom is -0.340 e. The third kappa shape index (κ3) is 3.48. The van der Waals surface area contributed by atoms with Crippen molar-refractivity contribution >= 4 is 11.8 Å². The Bertz CT molecular complexity index is 750. The number of nitrogens with zero attached hydrogens (tertiary/aromatic N) is 1. The largest absolute Gasteiger partial charge is 0.340 e. The number of amides is 2. The lowest BCUT2D eigenvalue weighted by Crippen LogP contribution is -2.41. The molecule has 0 saturated carbocycles. The van der Waals surface area contributed by atoms with E-state index < -0.39 is 6.04 Å². The van der Waals surface area contributed by atoms with E-state index >= 15 is 0 Å². The number of H-pyrrole nitrogens is 1. The van der Waals surface area contributed by atoms with Crippen molar-refractivity contribution in [1.29, 1.82) is 0 Å². The van der Waals surface area contributed by atoms with Crippen LogP contribution in [0, 0.1) is 0 Å². The van der Waals surface area contributed by atoms with Crippen LogP contribution in [-0.2, 0) is 11.3 Å². The number of rotatable bonds is 4. The van der Waals surface area contributed by atoms with E-state index in [4.69, 9.17) is 0 Å². The third-order valence-corrected chi connectivity index (χ3v) is 3.87. The van der Waals surface area contributed by atoms with Crippen molar-refractivity contribution in [3.63, 3.8) is 0 Å². The Labute approximate surface area is 133 Å². The van der Waals surface area contributed by atoms with E-state index in [9.17, 15) is 14.4 Å². The average Bonchev–Trinajstić information content (AvgIpc) is 2.90. The number of aromatic amines is 1. The quantitative estimate of drug-likeness (QED) is 0.880. The summed E-state index contributed by atoms with van der Waals surface area (Å²) in [5.74, 6) is -0.437. The summed E-state index contributed by atoms with van der Waals surface area (Å²) in [6, 6.07) is 12.0. The van der Waals surface area contributed by atoms with Gasteiger partial charge in [-0.05, 0) is 18.1 Å². The van der Waals surface area contributed by atoms with Gasteiger partial charge < -0.3 is 15.2 Å². The van der Waals surface area contributed by atoms with Gasteiger partial charge in [0.1, 0.15) is 6.04 Å². The van der Waals surface area contributed by atoms with Gasteiger partial charge in [0.15, 0.2) is 0 Å². The SMILES string of the molecule is O=C(N[C@H]1CCN(Cc2ccccc2)C1=O)c1ccc(=O)[nH]c1. The monoisotopic (exact) mass is 311 g/mol. The fourth-order valence-electron chi connectivity index (χ4n) is 2.63. The van der Waals surface area contributed by atoms with E-state index in [0.717, 1.165) is 5.56 Å². The van der Waals surface area contributed by atoms with Crippen molar-refractivity contribution in [1.82, 2.24) is 15.2 Å². The molecule has 6 heteroatoms. The molecule has 1 fully saturated rings. The molecule has 3 rings (SSSR count). The van der Waals surface area contributed by atoms with E-state index in [0.29, 0.717) is 25.1 Å². The molecule has 0 aliphatic carbocycles. The number of hydrogen-bond acceptors (Lipinski definition) is 3. The summed E-state index contributed by atoms with van der Waals surface area (Å²) in [5.41, 5.74) is 1.12. The standard InChI is InChI=1S/C17H17N3O3/c21-15-7-6-13(10-18-15)16(22)19-14-8-9-20(17(14)23)11-12-4-2-1-3-5-12/h1-7,10,14H,8-9,11H2,(H,18,21)(H,19,22)/t14-/m0/s1. The molecule has 2 N–H and O–H groups in total. The molecule has 2 aromatic rings. The van der Waals surface area contributed by atoms with Crippen LogP contribution in [0.1, 0.15) is 22.3 Å². The van der Waals surface area contributed by atoms with E-state index in [1.165, 1.54) is 18.3 Å². The van der Waals surface area contributed by atoms with Gasteiger partial charge in [-0.25, -0.2) is 0 Å². The second-order valence-corrected chi connectivity index (χ2v) is 5.50. The van der Waals surface area contributed by atoms with Gasteiger partial charge in [0.2, 0.25) is 11.5 Å². The lowest BCUT2D eigenvalue weighted by Gasteiger charge is -2.17. The summed E-state index contributed by atoms with van der Waals surface area (Å²) in [6.45, 7) is 1.16. The molecule has 1 aliphatic heterocycles. The molecule has 1 aromatic carbocycles. The molecule has 23 heavy (non-hydrogen) atoms. The second kappa shape index (κ2) is 6.48. The molecule has 0 bridgehead atoms. The summed E-state index contributed by atoms with van der Waals surface area (Å²) in [6.07, 6.45) is 1.93. The maximum atomic E-state index is 12.4. The Balaban J connectivity index is 1.61. The summed E-state index contributed by atoms with van der Waals surface area (Å²) < 4.78 is 0. The summed E-state index contributed by atoms with van der Waals surface area (Å²) >= 11 is 0. The first-order valence-corrected chi connectivity index (χ1v) is 7.46. The molecule has 1 aliphatic rings. The van der Waals surface area contributed by atoms with E-state index in [1.807, 2.05) is 30.3 Å². The average molecular weight is 311 g/mol. The Morgan fingerprint density at radius 2 is 1.96 bits per heavy atom. The molecular weight excluding hydrogens is 294 g/mol. The first kappa shape index (κ1) is 15.0. The molecule has 0 radical (unpaired) electrons. The zero-order valence-electron chi connectivity index (χ0n) is 12.5. The van der Waals surface area contributed by atoms with Crippen molar-refractivity contribution in [3.8, 4) is 0 Å². The topological polar surface area (TPSA) is 82.3 Å². The van der Waals surface area contributed by atoms with Gasteiger partial charge in [-0.2, -0.15) is 0 Å². The first-order chi connectivity index (χ1) is 11.1. The van der Waals surface area contributed by atoms with E-state index in [1.54, 1.807) is 4.90 Å². The normalized spacial score (nSPS) is 17.3. The number of aromatic nitrogens is 1. The second-order valence-electron chi connectivity index (χ2n) is 5.50. The van der Waals surface area contributed by atoms with Crippen LogP contribution in [0.25, 0.3) is 0 Å². The highest BCUT2D eigenvalue weighted by Gasteiger charge is 2.32. The van der Waals surface area contributed by atoms with Crippen molar-refractivity contribution in [2.75, 3.05) is 6.54 Å². The molecule has 118 valence electrons. The number of hydrogen-bond donors (Lipinski definition) is 2. The highest BCUT2D eigenvalue weighted by molar-refractivity contribution is 5.97. The maximum Gasteiger partial charge on any atom is 0.253 e. The maximum absolute atomic E-state index is 12.4. The van der Waals surface area contributed by atoms with Crippen LogP contribution in [0.2, 0.25) is 0 Å². The van der Waals surface area contributed by atoms with Gasteiger partial charge >= 0.3 is 0 Å². The lowest BCUT2D eigenvalue weighted by atomic mass is 10.2. The van der Waals surface area contributed by atoms with Gasteiger partial charge in [0, 0.05) is 25.4 Å². The summed E-state index contributed by atoms with van der Waals surface area (Å²) in [5, 5.41) is 2.73. The molecule has 1 atom stereocenters. The Hall–Kier alpha value is -2.89. The van der Waals surface area contributed by atoms with Crippen molar-refractivity contribution in [2.24, 2.45) is 0 Å². The predicted octanol–water partition coefficient (Wildman–Crippen LogP) is 0.906. The van der Waals surface area contributed by atoms with Crippen LogP contribution in [0.3, 0.4) is 0 Å². The fourth-order valence-corrected chi connectivity index (χ4v) is 2.63. The predicted molar refractivity (Wildman–Crippen MR) is 84.8 cm³/mol. The third-order valence-electron chi connectivity index (χ3n) is 3.87. The Morgan fingerprint density at radius 3 is 2.65 bits per heavy atom. The number of likely N-dealkylation sites (tertiary alicyclic amines) is 1. The molecule has 1 aromatic heterocycles. The van der Waals surface area contributed by atoms with Crippen LogP contribution in [0.15, 0.2) is 53.5 Å². The number of pyridine rings is 1. The van der Waals surface area contributed by atoms with Gasteiger partial charge in [0.05, 0.1) is 5.56 Å². The molecule has 6 nitrogen and oxygen atoms in total. The highest BCUT2D eigenvalue weighted by Crippen LogP contribution is 2.15. The molecule has 2 amide bonds. The molecule has 2 heterocycles. The number of nitrogens with one attached hydrogen (secondary N) is 2. The van der Waals surface area contributed by atoms with Crippen molar-refractivity contribution in [3.05, 3.63) is 70.1 Å². The highest BCUT2D eigenvalue weighted by atomic mass is 16.2. The first-order valence-electron chi connectivity index (χ1n) is 7.46. The molecular formula is C17H17N3O3. The Morgan fingerprint density at radius 1 is 1.17 bits per heavy atom. The Kier molecular flexibility index (Phi) is 4.23. The van der Waals surface area contributed by atoms with E-state index in [2.05, 4.69) is 10.3 Å². The zero-order valence-corrected chi connectivity index (χ0v) is 12.5.